The SMILES string of the molecule is C=C(C(C)=O)C(O)/C=C(\Cl)c1ccc(F)cc1. The van der Waals surface area contributed by atoms with E-state index in [1.807, 2.05) is 0 Å². The second-order valence-electron chi connectivity index (χ2n) is 3.55. The van der Waals surface area contributed by atoms with Crippen LogP contribution in [0.1, 0.15) is 12.5 Å². The number of benzene rings is 1. The van der Waals surface area contributed by atoms with E-state index in [1.165, 1.54) is 37.3 Å². The molecule has 4 heteroatoms. The summed E-state index contributed by atoms with van der Waals surface area (Å²) in [5.41, 5.74) is 0.619. The van der Waals surface area contributed by atoms with Gasteiger partial charge in [0.05, 0.1) is 0 Å². The Labute approximate surface area is 104 Å². The van der Waals surface area contributed by atoms with Crippen molar-refractivity contribution in [2.75, 3.05) is 0 Å². The highest BCUT2D eigenvalue weighted by Crippen LogP contribution is 2.21. The number of carbonyl (C=O) groups excluding carboxylic acids is 1. The minimum atomic E-state index is -1.13. The van der Waals surface area contributed by atoms with E-state index in [9.17, 15) is 14.3 Å². The van der Waals surface area contributed by atoms with Gasteiger partial charge in [0.2, 0.25) is 0 Å². The molecular weight excluding hydrogens is 243 g/mol. The van der Waals surface area contributed by atoms with Crippen molar-refractivity contribution in [3.63, 3.8) is 0 Å². The van der Waals surface area contributed by atoms with Crippen molar-refractivity contribution in [1.29, 1.82) is 0 Å². The molecular formula is C13H12ClFO2. The minimum absolute atomic E-state index is 0.0604. The molecule has 0 radical (unpaired) electrons. The third-order valence-electron chi connectivity index (χ3n) is 2.23. The molecule has 1 aromatic carbocycles. The van der Waals surface area contributed by atoms with Crippen LogP contribution < -0.4 is 0 Å². The summed E-state index contributed by atoms with van der Waals surface area (Å²) < 4.78 is 12.7. The van der Waals surface area contributed by atoms with Gasteiger partial charge in [-0.15, -0.1) is 0 Å². The van der Waals surface area contributed by atoms with Gasteiger partial charge in [0, 0.05) is 10.6 Å². The molecule has 1 unspecified atom stereocenters. The maximum Gasteiger partial charge on any atom is 0.158 e. The lowest BCUT2D eigenvalue weighted by Gasteiger charge is -2.07. The van der Waals surface area contributed by atoms with Crippen LogP contribution in [0.2, 0.25) is 0 Å². The molecule has 17 heavy (non-hydrogen) atoms. The summed E-state index contributed by atoms with van der Waals surface area (Å²) in [5, 5.41) is 9.86. The zero-order valence-corrected chi connectivity index (χ0v) is 10.0. The molecule has 0 saturated heterocycles. The van der Waals surface area contributed by atoms with Crippen molar-refractivity contribution >= 4 is 22.4 Å². The fourth-order valence-electron chi connectivity index (χ4n) is 1.15. The van der Waals surface area contributed by atoms with Crippen molar-refractivity contribution in [1.82, 2.24) is 0 Å². The number of ketones is 1. The Morgan fingerprint density at radius 1 is 1.47 bits per heavy atom. The molecule has 0 aliphatic rings. The molecule has 0 spiro atoms. The molecule has 0 amide bonds. The molecule has 0 aliphatic carbocycles. The van der Waals surface area contributed by atoms with Crippen molar-refractivity contribution in [2.45, 2.75) is 13.0 Å². The summed E-state index contributed by atoms with van der Waals surface area (Å²) >= 11 is 5.93. The molecule has 0 saturated carbocycles. The quantitative estimate of drug-likeness (QED) is 0.839. The average molecular weight is 255 g/mol. The first kappa shape index (κ1) is 13.6. The number of Topliss-reactive ketones (excluding diaryl/α,β-unsaturated/α-hetero) is 1. The third kappa shape index (κ3) is 3.80. The molecule has 0 aliphatic heterocycles. The van der Waals surface area contributed by atoms with E-state index in [4.69, 9.17) is 11.6 Å². The van der Waals surface area contributed by atoms with Gasteiger partial charge in [0.1, 0.15) is 11.9 Å². The number of hydrogen-bond acceptors (Lipinski definition) is 2. The zero-order valence-electron chi connectivity index (χ0n) is 9.28. The van der Waals surface area contributed by atoms with Crippen LogP contribution in [-0.4, -0.2) is 17.0 Å². The number of aliphatic hydroxyl groups excluding tert-OH is 1. The molecule has 90 valence electrons. The van der Waals surface area contributed by atoms with E-state index in [-0.39, 0.29) is 22.2 Å². The van der Waals surface area contributed by atoms with Crippen LogP contribution in [0.15, 0.2) is 42.5 Å². The fourth-order valence-corrected chi connectivity index (χ4v) is 1.40. The first-order valence-electron chi connectivity index (χ1n) is 4.93. The Morgan fingerprint density at radius 2 is 2.00 bits per heavy atom. The number of hydrogen-bond donors (Lipinski definition) is 1. The van der Waals surface area contributed by atoms with Gasteiger partial charge in [-0.05, 0) is 30.7 Å². The smallest absolute Gasteiger partial charge is 0.158 e. The summed E-state index contributed by atoms with van der Waals surface area (Å²) in [7, 11) is 0. The molecule has 0 bridgehead atoms. The van der Waals surface area contributed by atoms with Gasteiger partial charge in [-0.3, -0.25) is 4.79 Å². The predicted molar refractivity (Wildman–Crippen MR) is 66.1 cm³/mol. The minimum Gasteiger partial charge on any atom is -0.384 e. The summed E-state index contributed by atoms with van der Waals surface area (Å²) in [4.78, 5) is 11.0. The predicted octanol–water partition coefficient (Wildman–Crippen LogP) is 2.91. The van der Waals surface area contributed by atoms with Crippen molar-refractivity contribution in [3.8, 4) is 0 Å². The van der Waals surface area contributed by atoms with Crippen molar-refractivity contribution < 1.29 is 14.3 Å². The maximum atomic E-state index is 12.7. The van der Waals surface area contributed by atoms with Crippen molar-refractivity contribution in [2.24, 2.45) is 0 Å². The van der Waals surface area contributed by atoms with Crippen LogP contribution in [0.4, 0.5) is 4.39 Å². The Bertz CT molecular complexity index is 463. The normalized spacial score (nSPS) is 13.3. The summed E-state index contributed by atoms with van der Waals surface area (Å²) in [6, 6.07) is 5.49. The lowest BCUT2D eigenvalue weighted by Crippen LogP contribution is -2.12. The molecule has 0 heterocycles. The Balaban J connectivity index is 2.89. The van der Waals surface area contributed by atoms with E-state index >= 15 is 0 Å². The number of rotatable bonds is 4. The molecule has 1 rings (SSSR count). The molecule has 1 atom stereocenters. The lowest BCUT2D eigenvalue weighted by molar-refractivity contribution is -0.114. The highest BCUT2D eigenvalue weighted by Gasteiger charge is 2.11. The monoisotopic (exact) mass is 254 g/mol. The van der Waals surface area contributed by atoms with E-state index in [1.54, 1.807) is 0 Å². The number of carbonyl (C=O) groups is 1. The van der Waals surface area contributed by atoms with Gasteiger partial charge >= 0.3 is 0 Å². The van der Waals surface area contributed by atoms with Gasteiger partial charge < -0.3 is 5.11 Å². The first-order chi connectivity index (χ1) is 7.91. The highest BCUT2D eigenvalue weighted by atomic mass is 35.5. The van der Waals surface area contributed by atoms with Crippen LogP contribution in [0.5, 0.6) is 0 Å². The van der Waals surface area contributed by atoms with Crippen LogP contribution >= 0.6 is 11.6 Å². The van der Waals surface area contributed by atoms with Crippen LogP contribution in [0.25, 0.3) is 5.03 Å². The largest absolute Gasteiger partial charge is 0.384 e. The number of halogens is 2. The van der Waals surface area contributed by atoms with Gasteiger partial charge in [-0.2, -0.15) is 0 Å². The first-order valence-corrected chi connectivity index (χ1v) is 5.30. The maximum absolute atomic E-state index is 12.7. The standard InChI is InChI=1S/C13H12ClFO2/c1-8(9(2)16)13(17)7-12(14)10-3-5-11(15)6-4-10/h3-7,13,17H,1H2,2H3/b12-7-. The van der Waals surface area contributed by atoms with Gasteiger partial charge in [-0.25, -0.2) is 4.39 Å². The second kappa shape index (κ2) is 5.75. The van der Waals surface area contributed by atoms with Crippen molar-refractivity contribution in [3.05, 3.63) is 53.9 Å². The number of aliphatic hydroxyl groups is 1. The summed E-state index contributed by atoms with van der Waals surface area (Å²) in [5.74, 6) is -0.677. The lowest BCUT2D eigenvalue weighted by atomic mass is 10.1. The van der Waals surface area contributed by atoms with Crippen LogP contribution in [0, 0.1) is 5.82 Å². The van der Waals surface area contributed by atoms with E-state index < -0.39 is 6.10 Å². The van der Waals surface area contributed by atoms with Gasteiger partial charge in [0.25, 0.3) is 0 Å². The summed E-state index contributed by atoms with van der Waals surface area (Å²) in [6.07, 6.45) is 0.156. The topological polar surface area (TPSA) is 37.3 Å². The van der Waals surface area contributed by atoms with Gasteiger partial charge in [-0.1, -0.05) is 30.3 Å². The van der Waals surface area contributed by atoms with Crippen LogP contribution in [-0.2, 0) is 4.79 Å². The molecule has 2 nitrogen and oxygen atoms in total. The second-order valence-corrected chi connectivity index (χ2v) is 3.95. The van der Waals surface area contributed by atoms with Crippen LogP contribution in [0.3, 0.4) is 0 Å². The summed E-state index contributed by atoms with van der Waals surface area (Å²) in [6.45, 7) is 4.76. The fraction of sp³-hybridized carbons (Fsp3) is 0.154. The van der Waals surface area contributed by atoms with E-state index in [2.05, 4.69) is 6.58 Å². The average Bonchev–Trinajstić information content (AvgIpc) is 2.28. The zero-order chi connectivity index (χ0) is 13.0. The van der Waals surface area contributed by atoms with E-state index in [0.29, 0.717) is 5.56 Å². The molecule has 1 aromatic rings. The Morgan fingerprint density at radius 3 is 2.47 bits per heavy atom. The molecule has 1 N–H and O–H groups in total. The highest BCUT2D eigenvalue weighted by molar-refractivity contribution is 6.48. The van der Waals surface area contributed by atoms with E-state index in [0.717, 1.165) is 0 Å². The Kier molecular flexibility index (Phi) is 4.61. The Hall–Kier alpha value is -1.45. The third-order valence-corrected chi connectivity index (χ3v) is 2.58. The van der Waals surface area contributed by atoms with Gasteiger partial charge in [0.15, 0.2) is 5.78 Å². The molecule has 0 fully saturated rings. The molecule has 0 aromatic heterocycles.